The Morgan fingerprint density at radius 2 is 1.80 bits per heavy atom. The fraction of sp³-hybridized carbons (Fsp3) is 0.263. The summed E-state index contributed by atoms with van der Waals surface area (Å²) in [6.45, 7) is 1.10. The van der Waals surface area contributed by atoms with E-state index in [1.165, 1.54) is 0 Å². The van der Waals surface area contributed by atoms with E-state index < -0.39 is 0 Å². The Labute approximate surface area is 152 Å². The smallest absolute Gasteiger partial charge is 0.253 e. The number of carbonyl (C=O) groups excluding carboxylic acids is 2. The van der Waals surface area contributed by atoms with Crippen molar-refractivity contribution in [1.82, 2.24) is 5.32 Å². The van der Waals surface area contributed by atoms with Gasteiger partial charge in [-0.3, -0.25) is 9.59 Å². The number of anilines is 1. The van der Waals surface area contributed by atoms with Crippen LogP contribution in [0.4, 0.5) is 5.69 Å². The zero-order chi connectivity index (χ0) is 18.1. The number of benzene rings is 2. The van der Waals surface area contributed by atoms with Gasteiger partial charge in [0.25, 0.3) is 5.91 Å². The molecule has 0 unspecified atom stereocenters. The summed E-state index contributed by atoms with van der Waals surface area (Å²) in [7, 11) is 1.62. The van der Waals surface area contributed by atoms with Crippen molar-refractivity contribution in [2.24, 2.45) is 0 Å². The van der Waals surface area contributed by atoms with Gasteiger partial charge in [0.05, 0.1) is 17.7 Å². The maximum absolute atomic E-state index is 12.3. The average Bonchev–Trinajstić information content (AvgIpc) is 2.61. The third-order valence-electron chi connectivity index (χ3n) is 3.53. The average molecular weight is 361 g/mol. The van der Waals surface area contributed by atoms with Crippen molar-refractivity contribution in [1.29, 1.82) is 0 Å². The van der Waals surface area contributed by atoms with Crippen molar-refractivity contribution in [3.05, 3.63) is 64.7 Å². The summed E-state index contributed by atoms with van der Waals surface area (Å²) >= 11 is 5.84. The van der Waals surface area contributed by atoms with Crippen molar-refractivity contribution in [3.63, 3.8) is 0 Å². The first kappa shape index (κ1) is 19.0. The van der Waals surface area contributed by atoms with Crippen LogP contribution in [0.3, 0.4) is 0 Å². The second-order valence-corrected chi connectivity index (χ2v) is 5.94. The van der Waals surface area contributed by atoms with Crippen molar-refractivity contribution in [2.45, 2.75) is 12.8 Å². The maximum Gasteiger partial charge on any atom is 0.253 e. The fourth-order valence-corrected chi connectivity index (χ4v) is 2.41. The lowest BCUT2D eigenvalue weighted by molar-refractivity contribution is -0.115. The second-order valence-electron chi connectivity index (χ2n) is 5.50. The lowest BCUT2D eigenvalue weighted by Crippen LogP contribution is -2.27. The van der Waals surface area contributed by atoms with E-state index in [0.29, 0.717) is 29.4 Å². The molecule has 0 aliphatic rings. The Kier molecular flexibility index (Phi) is 7.44. The molecule has 0 aliphatic heterocycles. The summed E-state index contributed by atoms with van der Waals surface area (Å²) in [6.07, 6.45) is 0.939. The summed E-state index contributed by atoms with van der Waals surface area (Å²) in [5.74, 6) is -0.416. The number of hydrogen-bond acceptors (Lipinski definition) is 3. The van der Waals surface area contributed by atoms with Gasteiger partial charge in [-0.05, 0) is 36.2 Å². The van der Waals surface area contributed by atoms with E-state index in [1.807, 2.05) is 0 Å². The van der Waals surface area contributed by atoms with Gasteiger partial charge < -0.3 is 15.4 Å². The van der Waals surface area contributed by atoms with E-state index in [2.05, 4.69) is 10.6 Å². The van der Waals surface area contributed by atoms with Crippen LogP contribution in [0.2, 0.25) is 5.02 Å². The maximum atomic E-state index is 12.3. The normalized spacial score (nSPS) is 10.3. The van der Waals surface area contributed by atoms with Gasteiger partial charge in [0.1, 0.15) is 0 Å². The van der Waals surface area contributed by atoms with Crippen LogP contribution < -0.4 is 10.6 Å². The number of ether oxygens (including phenoxy) is 1. The topological polar surface area (TPSA) is 67.4 Å². The summed E-state index contributed by atoms with van der Waals surface area (Å²) < 4.78 is 4.95. The van der Waals surface area contributed by atoms with E-state index >= 15 is 0 Å². The molecule has 25 heavy (non-hydrogen) atoms. The van der Waals surface area contributed by atoms with Crippen LogP contribution >= 0.6 is 11.6 Å². The molecule has 0 aliphatic carbocycles. The molecule has 2 aromatic carbocycles. The summed E-state index contributed by atoms with van der Waals surface area (Å²) in [5, 5.41) is 6.24. The van der Waals surface area contributed by atoms with Crippen LogP contribution in [-0.2, 0) is 16.0 Å². The minimum Gasteiger partial charge on any atom is -0.385 e. The van der Waals surface area contributed by atoms with E-state index in [4.69, 9.17) is 16.3 Å². The third-order valence-corrected chi connectivity index (χ3v) is 3.79. The van der Waals surface area contributed by atoms with Gasteiger partial charge in [-0.15, -0.1) is 0 Å². The van der Waals surface area contributed by atoms with Crippen molar-refractivity contribution in [3.8, 4) is 0 Å². The Hall–Kier alpha value is -2.37. The highest BCUT2D eigenvalue weighted by molar-refractivity contribution is 6.30. The molecular weight excluding hydrogens is 340 g/mol. The highest BCUT2D eigenvalue weighted by Crippen LogP contribution is 2.16. The number of rotatable bonds is 8. The molecule has 6 heteroatoms. The number of halogens is 1. The van der Waals surface area contributed by atoms with Crippen molar-refractivity contribution >= 4 is 29.1 Å². The molecule has 5 nitrogen and oxygen atoms in total. The number of methoxy groups -OCH3 is 1. The van der Waals surface area contributed by atoms with Crippen molar-refractivity contribution < 1.29 is 14.3 Å². The lowest BCUT2D eigenvalue weighted by atomic mass is 10.1. The Balaban J connectivity index is 1.98. The molecule has 0 saturated heterocycles. The highest BCUT2D eigenvalue weighted by atomic mass is 35.5. The first-order chi connectivity index (χ1) is 12.1. The first-order valence-electron chi connectivity index (χ1n) is 8.00. The molecule has 0 radical (unpaired) electrons. The molecule has 0 saturated carbocycles. The predicted molar refractivity (Wildman–Crippen MR) is 99.1 cm³/mol. The number of amides is 2. The Bertz CT molecular complexity index is 717. The van der Waals surface area contributed by atoms with Crippen LogP contribution in [0.1, 0.15) is 22.3 Å². The van der Waals surface area contributed by atoms with Crippen molar-refractivity contribution in [2.75, 3.05) is 25.6 Å². The van der Waals surface area contributed by atoms with Crippen LogP contribution in [0, 0.1) is 0 Å². The van der Waals surface area contributed by atoms with Gasteiger partial charge in [0, 0.05) is 25.3 Å². The minimum absolute atomic E-state index is 0.193. The molecule has 0 fully saturated rings. The largest absolute Gasteiger partial charge is 0.385 e. The predicted octanol–water partition coefficient (Wildman–Crippen LogP) is 3.29. The van der Waals surface area contributed by atoms with Gasteiger partial charge in [0.2, 0.25) is 5.91 Å². The highest BCUT2D eigenvalue weighted by Gasteiger charge is 2.13. The van der Waals surface area contributed by atoms with Crippen LogP contribution in [0.25, 0.3) is 0 Å². The molecule has 0 spiro atoms. The quantitative estimate of drug-likeness (QED) is 0.710. The molecule has 2 amide bonds. The number of nitrogens with one attached hydrogen (secondary N) is 2. The molecule has 2 aromatic rings. The van der Waals surface area contributed by atoms with Gasteiger partial charge in [0.15, 0.2) is 0 Å². The van der Waals surface area contributed by atoms with Crippen LogP contribution in [-0.4, -0.2) is 32.1 Å². The van der Waals surface area contributed by atoms with Gasteiger partial charge in [-0.25, -0.2) is 0 Å². The van der Waals surface area contributed by atoms with E-state index in [9.17, 15) is 9.59 Å². The number of carbonyl (C=O) groups is 2. The van der Waals surface area contributed by atoms with Gasteiger partial charge >= 0.3 is 0 Å². The Morgan fingerprint density at radius 1 is 1.08 bits per heavy atom. The molecule has 0 atom stereocenters. The van der Waals surface area contributed by atoms with Gasteiger partial charge in [-0.2, -0.15) is 0 Å². The molecule has 132 valence electrons. The van der Waals surface area contributed by atoms with Crippen LogP contribution in [0.5, 0.6) is 0 Å². The molecule has 2 N–H and O–H groups in total. The van der Waals surface area contributed by atoms with Crippen LogP contribution in [0.15, 0.2) is 48.5 Å². The Morgan fingerprint density at radius 3 is 2.52 bits per heavy atom. The SMILES string of the molecule is COCCCNC(=O)c1ccccc1NC(=O)Cc1ccc(Cl)cc1. The summed E-state index contributed by atoms with van der Waals surface area (Å²) in [5.41, 5.74) is 1.78. The number of para-hydroxylation sites is 1. The van der Waals surface area contributed by atoms with E-state index in [0.717, 1.165) is 12.0 Å². The fourth-order valence-electron chi connectivity index (χ4n) is 2.29. The minimum atomic E-state index is -0.224. The van der Waals surface area contributed by atoms with E-state index in [1.54, 1.807) is 55.6 Å². The van der Waals surface area contributed by atoms with E-state index in [-0.39, 0.29) is 18.2 Å². The second kappa shape index (κ2) is 9.81. The monoisotopic (exact) mass is 360 g/mol. The molecule has 0 bridgehead atoms. The molecule has 2 rings (SSSR count). The zero-order valence-electron chi connectivity index (χ0n) is 14.0. The molecular formula is C19H21ClN2O3. The standard InChI is InChI=1S/C19H21ClN2O3/c1-25-12-4-11-21-19(24)16-5-2-3-6-17(16)22-18(23)13-14-7-9-15(20)10-8-14/h2-3,5-10H,4,11-13H2,1H3,(H,21,24)(H,22,23). The number of hydrogen-bond donors (Lipinski definition) is 2. The summed E-state index contributed by atoms with van der Waals surface area (Å²) in [6, 6.07) is 14.0. The zero-order valence-corrected chi connectivity index (χ0v) is 14.8. The van der Waals surface area contributed by atoms with Gasteiger partial charge in [-0.1, -0.05) is 35.9 Å². The summed E-state index contributed by atoms with van der Waals surface area (Å²) in [4.78, 5) is 24.5. The lowest BCUT2D eigenvalue weighted by Gasteiger charge is -2.11. The third kappa shape index (κ3) is 6.21. The molecule has 0 aromatic heterocycles. The first-order valence-corrected chi connectivity index (χ1v) is 8.38. The molecule has 0 heterocycles.